The van der Waals surface area contributed by atoms with E-state index in [1.807, 2.05) is 13.1 Å². The van der Waals surface area contributed by atoms with Gasteiger partial charge in [0.1, 0.15) is 0 Å². The van der Waals surface area contributed by atoms with Gasteiger partial charge in [-0.2, -0.15) is 0 Å². The molecule has 0 saturated heterocycles. The Kier molecular flexibility index (Phi) is 6.06. The third kappa shape index (κ3) is 4.46. The van der Waals surface area contributed by atoms with Crippen LogP contribution >= 0.6 is 0 Å². The molecular formula is C14H23N. The Morgan fingerprint density at radius 3 is 2.27 bits per heavy atom. The van der Waals surface area contributed by atoms with E-state index in [0.29, 0.717) is 0 Å². The van der Waals surface area contributed by atoms with Crippen molar-refractivity contribution in [3.05, 3.63) is 23.4 Å². The predicted molar refractivity (Wildman–Crippen MR) is 68.3 cm³/mol. The summed E-state index contributed by atoms with van der Waals surface area (Å²) in [6, 6.07) is 0. The van der Waals surface area contributed by atoms with Crippen molar-refractivity contribution < 1.29 is 0 Å². The molecule has 0 aromatic carbocycles. The molecule has 84 valence electrons. The Morgan fingerprint density at radius 1 is 0.933 bits per heavy atom. The fraction of sp³-hybridized carbons (Fsp3) is 0.643. The molecule has 0 aliphatic heterocycles. The molecule has 0 aromatic rings. The second-order valence-corrected chi connectivity index (χ2v) is 4.13. The lowest BCUT2D eigenvalue weighted by Gasteiger charge is -2.06. The smallest absolute Gasteiger partial charge is 0.0431 e. The van der Waals surface area contributed by atoms with Crippen molar-refractivity contribution in [1.82, 2.24) is 0 Å². The molecule has 0 amide bonds. The van der Waals surface area contributed by atoms with Gasteiger partial charge in [0.05, 0.1) is 0 Å². The van der Waals surface area contributed by atoms with Gasteiger partial charge in [-0.1, -0.05) is 31.4 Å². The maximum Gasteiger partial charge on any atom is 0.0431 e. The van der Waals surface area contributed by atoms with Crippen LogP contribution in [0.5, 0.6) is 0 Å². The van der Waals surface area contributed by atoms with Crippen LogP contribution in [0, 0.1) is 0 Å². The Bertz CT molecular complexity index is 233. The van der Waals surface area contributed by atoms with Gasteiger partial charge >= 0.3 is 0 Å². The number of aliphatic imine (C=N–C) groups is 1. The maximum atomic E-state index is 4.53. The summed E-state index contributed by atoms with van der Waals surface area (Å²) < 4.78 is 0. The average Bonchev–Trinajstić information content (AvgIpc) is 2.34. The molecule has 0 unspecified atom stereocenters. The first-order valence-corrected chi connectivity index (χ1v) is 6.22. The predicted octanol–water partition coefficient (Wildman–Crippen LogP) is 4.65. The molecule has 1 heteroatoms. The van der Waals surface area contributed by atoms with E-state index >= 15 is 0 Å². The first-order valence-electron chi connectivity index (χ1n) is 6.22. The SMILES string of the molecule is C\C=C/C1=C(\N=C/C)CCCCCCC1. The van der Waals surface area contributed by atoms with Crippen molar-refractivity contribution in [1.29, 1.82) is 0 Å². The van der Waals surface area contributed by atoms with E-state index in [1.165, 1.54) is 49.8 Å². The second kappa shape index (κ2) is 7.44. The van der Waals surface area contributed by atoms with Crippen LogP contribution < -0.4 is 0 Å². The van der Waals surface area contributed by atoms with Crippen LogP contribution in [0.3, 0.4) is 0 Å². The highest BCUT2D eigenvalue weighted by atomic mass is 14.7. The number of nitrogens with zero attached hydrogens (tertiary/aromatic N) is 1. The highest BCUT2D eigenvalue weighted by Gasteiger charge is 2.05. The third-order valence-corrected chi connectivity index (χ3v) is 2.88. The molecule has 0 bridgehead atoms. The quantitative estimate of drug-likeness (QED) is 0.582. The van der Waals surface area contributed by atoms with Gasteiger partial charge in [-0.05, 0) is 45.1 Å². The van der Waals surface area contributed by atoms with Crippen LogP contribution in [0.15, 0.2) is 28.4 Å². The third-order valence-electron chi connectivity index (χ3n) is 2.88. The molecule has 0 fully saturated rings. The Labute approximate surface area is 94.0 Å². The number of hydrogen-bond acceptors (Lipinski definition) is 1. The standard InChI is InChI=1S/C14H23N/c1-3-10-13-11-8-6-5-7-9-12-14(13)15-4-2/h3-4,10H,5-9,11-12H2,1-2H3/b10-3-,14-13+,15-4-. The van der Waals surface area contributed by atoms with Gasteiger partial charge in [-0.15, -0.1) is 0 Å². The maximum absolute atomic E-state index is 4.53. The van der Waals surface area contributed by atoms with E-state index in [-0.39, 0.29) is 0 Å². The normalized spacial score (nSPS) is 25.5. The molecule has 1 aliphatic carbocycles. The zero-order valence-electron chi connectivity index (χ0n) is 10.1. The van der Waals surface area contributed by atoms with Crippen molar-refractivity contribution in [3.63, 3.8) is 0 Å². The summed E-state index contributed by atoms with van der Waals surface area (Å²) >= 11 is 0. The molecule has 1 nitrogen and oxygen atoms in total. The van der Waals surface area contributed by atoms with Gasteiger partial charge < -0.3 is 0 Å². The Balaban J connectivity index is 2.83. The highest BCUT2D eigenvalue weighted by Crippen LogP contribution is 2.24. The summed E-state index contributed by atoms with van der Waals surface area (Å²) in [4.78, 5) is 4.53. The molecule has 0 spiro atoms. The van der Waals surface area contributed by atoms with Crippen molar-refractivity contribution in [3.8, 4) is 0 Å². The van der Waals surface area contributed by atoms with Crippen molar-refractivity contribution in [2.45, 2.75) is 58.8 Å². The Morgan fingerprint density at radius 2 is 1.60 bits per heavy atom. The largest absolute Gasteiger partial charge is 0.266 e. The van der Waals surface area contributed by atoms with Gasteiger partial charge in [0.25, 0.3) is 0 Å². The van der Waals surface area contributed by atoms with Gasteiger partial charge in [-0.3, -0.25) is 4.99 Å². The summed E-state index contributed by atoms with van der Waals surface area (Å²) in [6.45, 7) is 4.10. The minimum atomic E-state index is 1.16. The molecule has 15 heavy (non-hydrogen) atoms. The molecular weight excluding hydrogens is 182 g/mol. The molecule has 0 atom stereocenters. The zero-order chi connectivity index (χ0) is 10.9. The van der Waals surface area contributed by atoms with E-state index in [4.69, 9.17) is 0 Å². The van der Waals surface area contributed by atoms with Crippen LogP contribution in [-0.4, -0.2) is 6.21 Å². The molecule has 1 rings (SSSR count). The molecule has 0 aromatic heterocycles. The first kappa shape index (κ1) is 12.2. The lowest BCUT2D eigenvalue weighted by Crippen LogP contribution is -1.88. The van der Waals surface area contributed by atoms with Crippen LogP contribution in [0.25, 0.3) is 0 Å². The summed E-state index contributed by atoms with van der Waals surface area (Å²) in [5.74, 6) is 0. The topological polar surface area (TPSA) is 12.4 Å². The molecule has 0 N–H and O–H groups in total. The molecule has 0 radical (unpaired) electrons. The van der Waals surface area contributed by atoms with Crippen molar-refractivity contribution >= 4 is 6.21 Å². The zero-order valence-corrected chi connectivity index (χ0v) is 10.1. The van der Waals surface area contributed by atoms with E-state index in [2.05, 4.69) is 24.1 Å². The van der Waals surface area contributed by atoms with Crippen LogP contribution in [0.2, 0.25) is 0 Å². The fourth-order valence-corrected chi connectivity index (χ4v) is 2.13. The van der Waals surface area contributed by atoms with Gasteiger partial charge in [0.2, 0.25) is 0 Å². The van der Waals surface area contributed by atoms with Gasteiger partial charge in [0, 0.05) is 11.9 Å². The van der Waals surface area contributed by atoms with Gasteiger partial charge in [0.15, 0.2) is 0 Å². The first-order chi connectivity index (χ1) is 7.38. The average molecular weight is 205 g/mol. The Hall–Kier alpha value is -0.850. The lowest BCUT2D eigenvalue weighted by molar-refractivity contribution is 0.627. The van der Waals surface area contributed by atoms with Crippen molar-refractivity contribution in [2.75, 3.05) is 0 Å². The summed E-state index contributed by atoms with van der Waals surface area (Å²) in [5.41, 5.74) is 2.77. The molecule has 1 aliphatic rings. The highest BCUT2D eigenvalue weighted by molar-refractivity contribution is 5.56. The van der Waals surface area contributed by atoms with E-state index < -0.39 is 0 Å². The fourth-order valence-electron chi connectivity index (χ4n) is 2.13. The van der Waals surface area contributed by atoms with Gasteiger partial charge in [-0.25, -0.2) is 0 Å². The number of rotatable bonds is 2. The minimum Gasteiger partial charge on any atom is -0.266 e. The monoisotopic (exact) mass is 205 g/mol. The van der Waals surface area contributed by atoms with Crippen LogP contribution in [0.4, 0.5) is 0 Å². The van der Waals surface area contributed by atoms with E-state index in [1.54, 1.807) is 0 Å². The molecule has 0 heterocycles. The summed E-state index contributed by atoms with van der Waals surface area (Å²) in [5, 5.41) is 0. The van der Waals surface area contributed by atoms with Crippen LogP contribution in [-0.2, 0) is 0 Å². The second-order valence-electron chi connectivity index (χ2n) is 4.13. The number of hydrogen-bond donors (Lipinski definition) is 0. The lowest BCUT2D eigenvalue weighted by atomic mass is 10.0. The van der Waals surface area contributed by atoms with Crippen molar-refractivity contribution in [2.24, 2.45) is 4.99 Å². The van der Waals surface area contributed by atoms with E-state index in [0.717, 1.165) is 6.42 Å². The summed E-state index contributed by atoms with van der Waals surface area (Å²) in [7, 11) is 0. The van der Waals surface area contributed by atoms with Crippen LogP contribution in [0.1, 0.15) is 58.8 Å². The number of allylic oxidation sites excluding steroid dienone is 4. The minimum absolute atomic E-state index is 1.16. The molecule has 0 saturated carbocycles. The van der Waals surface area contributed by atoms with E-state index in [9.17, 15) is 0 Å². The summed E-state index contributed by atoms with van der Waals surface area (Å²) in [6.07, 6.45) is 15.4.